The van der Waals surface area contributed by atoms with Crippen LogP contribution in [0.1, 0.15) is 63.2 Å². The van der Waals surface area contributed by atoms with Gasteiger partial charge in [-0.25, -0.2) is 8.78 Å². The second-order valence-corrected chi connectivity index (χ2v) is 6.78. The maximum absolute atomic E-state index is 13.5. The Morgan fingerprint density at radius 1 is 1.08 bits per heavy atom. The number of halogens is 2. The van der Waals surface area contributed by atoms with E-state index in [1.54, 1.807) is 0 Å². The summed E-state index contributed by atoms with van der Waals surface area (Å²) in [6.45, 7) is 6.59. The summed E-state index contributed by atoms with van der Waals surface area (Å²) in [4.78, 5) is 23.6. The first-order valence-electron chi connectivity index (χ1n) is 8.82. The van der Waals surface area contributed by atoms with Gasteiger partial charge in [0.25, 0.3) is 5.91 Å². The lowest BCUT2D eigenvalue weighted by Crippen LogP contribution is -2.33. The molecule has 0 radical (unpaired) electrons. The average Bonchev–Trinajstić information content (AvgIpc) is 2.50. The molecule has 1 unspecified atom stereocenters. The van der Waals surface area contributed by atoms with Gasteiger partial charge in [-0.2, -0.15) is 0 Å². The van der Waals surface area contributed by atoms with Crippen LogP contribution in [0.3, 0.4) is 0 Å². The summed E-state index contributed by atoms with van der Waals surface area (Å²) in [7, 11) is 0. The zero-order chi connectivity index (χ0) is 18.8. The number of amides is 2. The summed E-state index contributed by atoms with van der Waals surface area (Å²) in [5.74, 6) is -1.63. The fourth-order valence-electron chi connectivity index (χ4n) is 2.47. The molecule has 0 aliphatic heterocycles. The molecule has 0 heterocycles. The Morgan fingerprint density at radius 2 is 1.80 bits per heavy atom. The third-order valence-corrected chi connectivity index (χ3v) is 3.87. The Kier molecular flexibility index (Phi) is 9.10. The van der Waals surface area contributed by atoms with Crippen molar-refractivity contribution in [2.24, 2.45) is 5.92 Å². The lowest BCUT2D eigenvalue weighted by molar-refractivity contribution is -0.121. The average molecular weight is 354 g/mol. The molecule has 1 aromatic rings. The molecule has 1 rings (SSSR count). The van der Waals surface area contributed by atoms with E-state index in [0.29, 0.717) is 24.8 Å². The minimum absolute atomic E-state index is 0.0562. The first-order chi connectivity index (χ1) is 11.8. The number of hydrogen-bond acceptors (Lipinski definition) is 2. The van der Waals surface area contributed by atoms with Crippen molar-refractivity contribution in [3.63, 3.8) is 0 Å². The first-order valence-corrected chi connectivity index (χ1v) is 8.82. The molecule has 140 valence electrons. The predicted octanol–water partition coefficient (Wildman–Crippen LogP) is 3.81. The number of benzene rings is 1. The van der Waals surface area contributed by atoms with E-state index in [4.69, 9.17) is 0 Å². The first kappa shape index (κ1) is 21.1. The number of nitrogens with one attached hydrogen (secondary N) is 2. The van der Waals surface area contributed by atoms with Crippen LogP contribution in [-0.4, -0.2) is 24.4 Å². The molecule has 4 nitrogen and oxygen atoms in total. The smallest absolute Gasteiger partial charge is 0.254 e. The quantitative estimate of drug-likeness (QED) is 0.628. The van der Waals surface area contributed by atoms with Crippen molar-refractivity contribution >= 4 is 11.8 Å². The predicted molar refractivity (Wildman–Crippen MR) is 94.2 cm³/mol. The molecule has 2 amide bonds. The monoisotopic (exact) mass is 354 g/mol. The molecule has 0 fully saturated rings. The number of carbonyl (C=O) groups is 2. The normalized spacial score (nSPS) is 12.1. The Morgan fingerprint density at radius 3 is 2.44 bits per heavy atom. The summed E-state index contributed by atoms with van der Waals surface area (Å²) in [6.07, 6.45) is 3.93. The van der Waals surface area contributed by atoms with E-state index in [9.17, 15) is 18.4 Å². The molecule has 0 aromatic heterocycles. The van der Waals surface area contributed by atoms with Crippen molar-refractivity contribution in [3.8, 4) is 0 Å². The number of carbonyl (C=O) groups excluding carboxylic acids is 2. The van der Waals surface area contributed by atoms with E-state index in [1.807, 2.05) is 6.92 Å². The third kappa shape index (κ3) is 8.61. The van der Waals surface area contributed by atoms with Gasteiger partial charge in [-0.3, -0.25) is 9.59 Å². The van der Waals surface area contributed by atoms with E-state index in [-0.39, 0.29) is 24.1 Å². The standard InChI is InChI=1S/C19H28F2N2O2/c1-13(2)6-4-7-14(3)23-18(24)8-5-11-22-19(25)16-10-9-15(20)12-17(16)21/h9-10,12-14H,4-8,11H2,1-3H3,(H,22,25)(H,23,24). The van der Waals surface area contributed by atoms with Gasteiger partial charge >= 0.3 is 0 Å². The molecule has 25 heavy (non-hydrogen) atoms. The molecule has 2 N–H and O–H groups in total. The Balaban J connectivity index is 2.21. The summed E-state index contributed by atoms with van der Waals surface area (Å²) in [5.41, 5.74) is -0.204. The van der Waals surface area contributed by atoms with Gasteiger partial charge in [-0.1, -0.05) is 26.7 Å². The molecular weight excluding hydrogens is 326 g/mol. The summed E-state index contributed by atoms with van der Waals surface area (Å²) >= 11 is 0. The van der Waals surface area contributed by atoms with E-state index >= 15 is 0 Å². The van der Waals surface area contributed by atoms with Crippen LogP contribution in [0.25, 0.3) is 0 Å². The maximum atomic E-state index is 13.5. The second kappa shape index (κ2) is 10.8. The molecule has 0 saturated carbocycles. The van der Waals surface area contributed by atoms with Crippen LogP contribution in [-0.2, 0) is 4.79 Å². The van der Waals surface area contributed by atoms with Gasteiger partial charge in [0.15, 0.2) is 0 Å². The van der Waals surface area contributed by atoms with Crippen molar-refractivity contribution < 1.29 is 18.4 Å². The van der Waals surface area contributed by atoms with Crippen LogP contribution in [0.4, 0.5) is 8.78 Å². The van der Waals surface area contributed by atoms with E-state index in [2.05, 4.69) is 24.5 Å². The van der Waals surface area contributed by atoms with Gasteiger partial charge < -0.3 is 10.6 Å². The number of rotatable bonds is 10. The highest BCUT2D eigenvalue weighted by molar-refractivity contribution is 5.94. The van der Waals surface area contributed by atoms with Gasteiger partial charge in [0.2, 0.25) is 5.91 Å². The van der Waals surface area contributed by atoms with Crippen LogP contribution in [0, 0.1) is 17.6 Å². The van der Waals surface area contributed by atoms with Gasteiger partial charge in [0.05, 0.1) is 5.56 Å². The maximum Gasteiger partial charge on any atom is 0.254 e. The van der Waals surface area contributed by atoms with Crippen molar-refractivity contribution in [1.29, 1.82) is 0 Å². The molecule has 1 aromatic carbocycles. The second-order valence-electron chi connectivity index (χ2n) is 6.78. The Bertz CT molecular complexity index is 577. The largest absolute Gasteiger partial charge is 0.354 e. The van der Waals surface area contributed by atoms with Gasteiger partial charge in [0, 0.05) is 25.1 Å². The molecular formula is C19H28F2N2O2. The fourth-order valence-corrected chi connectivity index (χ4v) is 2.47. The van der Waals surface area contributed by atoms with Crippen molar-refractivity contribution in [1.82, 2.24) is 10.6 Å². The van der Waals surface area contributed by atoms with E-state index < -0.39 is 17.5 Å². The van der Waals surface area contributed by atoms with E-state index in [0.717, 1.165) is 31.4 Å². The minimum atomic E-state index is -0.898. The van der Waals surface area contributed by atoms with E-state index in [1.165, 1.54) is 0 Å². The highest BCUT2D eigenvalue weighted by Gasteiger charge is 2.12. The summed E-state index contributed by atoms with van der Waals surface area (Å²) < 4.78 is 26.3. The van der Waals surface area contributed by atoms with Crippen LogP contribution in [0.2, 0.25) is 0 Å². The molecule has 0 aliphatic carbocycles. The Labute approximate surface area is 148 Å². The highest BCUT2D eigenvalue weighted by atomic mass is 19.1. The lowest BCUT2D eigenvalue weighted by Gasteiger charge is -2.14. The Hall–Kier alpha value is -1.98. The van der Waals surface area contributed by atoms with Crippen LogP contribution in [0.5, 0.6) is 0 Å². The van der Waals surface area contributed by atoms with Crippen LogP contribution in [0.15, 0.2) is 18.2 Å². The topological polar surface area (TPSA) is 58.2 Å². The SMILES string of the molecule is CC(C)CCCC(C)NC(=O)CCCNC(=O)c1ccc(F)cc1F. The number of hydrogen-bond donors (Lipinski definition) is 2. The van der Waals surface area contributed by atoms with Gasteiger partial charge in [-0.05, 0) is 37.8 Å². The van der Waals surface area contributed by atoms with Gasteiger partial charge in [0.1, 0.15) is 11.6 Å². The van der Waals surface area contributed by atoms with Crippen molar-refractivity contribution in [2.45, 2.75) is 58.9 Å². The zero-order valence-corrected chi connectivity index (χ0v) is 15.2. The van der Waals surface area contributed by atoms with Crippen molar-refractivity contribution in [3.05, 3.63) is 35.4 Å². The third-order valence-electron chi connectivity index (χ3n) is 3.87. The van der Waals surface area contributed by atoms with Crippen LogP contribution >= 0.6 is 0 Å². The molecule has 0 bridgehead atoms. The fraction of sp³-hybridized carbons (Fsp3) is 0.579. The molecule has 6 heteroatoms. The van der Waals surface area contributed by atoms with Gasteiger partial charge in [-0.15, -0.1) is 0 Å². The molecule has 1 atom stereocenters. The molecule has 0 saturated heterocycles. The van der Waals surface area contributed by atoms with Crippen molar-refractivity contribution in [2.75, 3.05) is 6.54 Å². The molecule has 0 aliphatic rings. The minimum Gasteiger partial charge on any atom is -0.354 e. The lowest BCUT2D eigenvalue weighted by atomic mass is 10.0. The molecule has 0 spiro atoms. The summed E-state index contributed by atoms with van der Waals surface area (Å²) in [6, 6.07) is 2.94. The summed E-state index contributed by atoms with van der Waals surface area (Å²) in [5, 5.41) is 5.47. The highest BCUT2D eigenvalue weighted by Crippen LogP contribution is 2.10. The van der Waals surface area contributed by atoms with Crippen LogP contribution < -0.4 is 10.6 Å². The zero-order valence-electron chi connectivity index (χ0n) is 15.2.